The maximum atomic E-state index is 9.27. The van der Waals surface area contributed by atoms with Crippen molar-refractivity contribution in [3.8, 4) is 0 Å². The van der Waals surface area contributed by atoms with E-state index in [1.165, 1.54) is 0 Å². The zero-order valence-electron chi connectivity index (χ0n) is 11.9. The van der Waals surface area contributed by atoms with E-state index in [0.29, 0.717) is 12.5 Å². The lowest BCUT2D eigenvalue weighted by Crippen LogP contribution is -2.09. The molecule has 1 aromatic rings. The van der Waals surface area contributed by atoms with Gasteiger partial charge in [0.15, 0.2) is 0 Å². The quantitative estimate of drug-likeness (QED) is 0.782. The molecule has 0 saturated carbocycles. The molecule has 102 valence electrons. The minimum atomic E-state index is 0.0614. The number of aliphatic hydroxyl groups excluding tert-OH is 1. The highest BCUT2D eigenvalue weighted by molar-refractivity contribution is 5.48. The van der Waals surface area contributed by atoms with Crippen LogP contribution in [0.25, 0.3) is 0 Å². The standard InChI is InChI=1S/C15H25NO2/c1-11(2)8-16-15-6-13(9-17)5-14(7-15)10-18-12(3)4/h5-7,11-12,16-17H,8-10H2,1-4H3. The highest BCUT2D eigenvalue weighted by Crippen LogP contribution is 2.17. The molecule has 0 aliphatic heterocycles. The maximum absolute atomic E-state index is 9.27. The summed E-state index contributed by atoms with van der Waals surface area (Å²) in [6.45, 7) is 9.96. The van der Waals surface area contributed by atoms with Crippen molar-refractivity contribution in [2.75, 3.05) is 11.9 Å². The predicted octanol–water partition coefficient (Wildman–Crippen LogP) is 3.17. The maximum Gasteiger partial charge on any atom is 0.0721 e. The molecular formula is C15H25NO2. The lowest BCUT2D eigenvalue weighted by molar-refractivity contribution is 0.0656. The van der Waals surface area contributed by atoms with Crippen molar-refractivity contribution < 1.29 is 9.84 Å². The first-order valence-electron chi connectivity index (χ1n) is 6.60. The summed E-state index contributed by atoms with van der Waals surface area (Å²) < 4.78 is 5.60. The van der Waals surface area contributed by atoms with Gasteiger partial charge in [-0.2, -0.15) is 0 Å². The molecule has 0 spiro atoms. The van der Waals surface area contributed by atoms with Crippen molar-refractivity contribution in [1.29, 1.82) is 0 Å². The Morgan fingerprint density at radius 1 is 1.11 bits per heavy atom. The van der Waals surface area contributed by atoms with Gasteiger partial charge >= 0.3 is 0 Å². The number of rotatable bonds is 7. The normalized spacial score (nSPS) is 11.3. The predicted molar refractivity (Wildman–Crippen MR) is 75.6 cm³/mol. The van der Waals surface area contributed by atoms with Crippen LogP contribution < -0.4 is 5.32 Å². The Labute approximate surface area is 110 Å². The van der Waals surface area contributed by atoms with Gasteiger partial charge < -0.3 is 15.2 Å². The lowest BCUT2D eigenvalue weighted by atomic mass is 10.1. The highest BCUT2D eigenvalue weighted by atomic mass is 16.5. The summed E-state index contributed by atoms with van der Waals surface area (Å²) in [6, 6.07) is 6.06. The lowest BCUT2D eigenvalue weighted by Gasteiger charge is -2.13. The Bertz CT molecular complexity index is 331. The van der Waals surface area contributed by atoms with Crippen LogP contribution in [0.4, 0.5) is 5.69 Å². The van der Waals surface area contributed by atoms with Crippen LogP contribution in [0.15, 0.2) is 18.2 Å². The minimum Gasteiger partial charge on any atom is -0.392 e. The number of benzene rings is 1. The summed E-state index contributed by atoms with van der Waals surface area (Å²) in [4.78, 5) is 0. The molecule has 18 heavy (non-hydrogen) atoms. The third-order valence-electron chi connectivity index (χ3n) is 2.53. The second kappa shape index (κ2) is 7.39. The van der Waals surface area contributed by atoms with E-state index in [1.807, 2.05) is 26.0 Å². The summed E-state index contributed by atoms with van der Waals surface area (Å²) in [6.07, 6.45) is 0.217. The van der Waals surface area contributed by atoms with Crippen LogP contribution in [-0.2, 0) is 18.0 Å². The van der Waals surface area contributed by atoms with E-state index in [4.69, 9.17) is 4.74 Å². The van der Waals surface area contributed by atoms with Crippen LogP contribution in [0.3, 0.4) is 0 Å². The molecule has 1 aromatic carbocycles. The molecule has 0 bridgehead atoms. The van der Waals surface area contributed by atoms with E-state index >= 15 is 0 Å². The molecule has 0 heterocycles. The molecular weight excluding hydrogens is 226 g/mol. The third kappa shape index (κ3) is 5.52. The fourth-order valence-corrected chi connectivity index (χ4v) is 1.62. The van der Waals surface area contributed by atoms with Gasteiger partial charge in [-0.25, -0.2) is 0 Å². The van der Waals surface area contributed by atoms with E-state index in [9.17, 15) is 5.11 Å². The molecule has 0 saturated heterocycles. The van der Waals surface area contributed by atoms with Crippen LogP contribution in [0.2, 0.25) is 0 Å². The first kappa shape index (κ1) is 15.0. The van der Waals surface area contributed by atoms with Crippen molar-refractivity contribution in [2.24, 2.45) is 5.92 Å². The van der Waals surface area contributed by atoms with E-state index in [1.54, 1.807) is 0 Å². The van der Waals surface area contributed by atoms with E-state index in [-0.39, 0.29) is 12.7 Å². The van der Waals surface area contributed by atoms with Crippen LogP contribution in [0.1, 0.15) is 38.8 Å². The van der Waals surface area contributed by atoms with Gasteiger partial charge in [0.1, 0.15) is 0 Å². The average Bonchev–Trinajstić information content (AvgIpc) is 2.33. The molecule has 0 unspecified atom stereocenters. The molecule has 2 N–H and O–H groups in total. The summed E-state index contributed by atoms with van der Waals surface area (Å²) in [5.74, 6) is 0.596. The number of anilines is 1. The van der Waals surface area contributed by atoms with E-state index < -0.39 is 0 Å². The van der Waals surface area contributed by atoms with Gasteiger partial charge in [0.05, 0.1) is 19.3 Å². The second-order valence-electron chi connectivity index (χ2n) is 5.33. The zero-order valence-corrected chi connectivity index (χ0v) is 11.9. The number of hydrogen-bond acceptors (Lipinski definition) is 3. The fraction of sp³-hybridized carbons (Fsp3) is 0.600. The number of ether oxygens (including phenoxy) is 1. The molecule has 0 radical (unpaired) electrons. The number of aliphatic hydroxyl groups is 1. The van der Waals surface area contributed by atoms with Crippen molar-refractivity contribution >= 4 is 5.69 Å². The molecule has 0 aliphatic carbocycles. The highest BCUT2D eigenvalue weighted by Gasteiger charge is 2.03. The topological polar surface area (TPSA) is 41.5 Å². The molecule has 3 heteroatoms. The van der Waals surface area contributed by atoms with Crippen molar-refractivity contribution in [3.63, 3.8) is 0 Å². The van der Waals surface area contributed by atoms with Gasteiger partial charge in [-0.05, 0) is 43.0 Å². The van der Waals surface area contributed by atoms with Crippen LogP contribution >= 0.6 is 0 Å². The SMILES string of the molecule is CC(C)CNc1cc(CO)cc(COC(C)C)c1. The Balaban J connectivity index is 2.74. The van der Waals surface area contributed by atoms with E-state index in [2.05, 4.69) is 25.2 Å². The van der Waals surface area contributed by atoms with E-state index in [0.717, 1.165) is 23.4 Å². The average molecular weight is 251 g/mol. The Hall–Kier alpha value is -1.06. The smallest absolute Gasteiger partial charge is 0.0721 e. The van der Waals surface area contributed by atoms with Crippen LogP contribution in [-0.4, -0.2) is 17.8 Å². The van der Waals surface area contributed by atoms with Crippen LogP contribution in [0.5, 0.6) is 0 Å². The molecule has 0 fully saturated rings. The monoisotopic (exact) mass is 251 g/mol. The molecule has 0 aliphatic rings. The Kier molecular flexibility index (Phi) is 6.16. The van der Waals surface area contributed by atoms with Crippen molar-refractivity contribution in [3.05, 3.63) is 29.3 Å². The minimum absolute atomic E-state index is 0.0614. The van der Waals surface area contributed by atoms with Gasteiger partial charge in [-0.15, -0.1) is 0 Å². The van der Waals surface area contributed by atoms with Gasteiger partial charge in [0.25, 0.3) is 0 Å². The molecule has 1 rings (SSSR count). The first-order chi connectivity index (χ1) is 8.51. The molecule has 0 atom stereocenters. The van der Waals surface area contributed by atoms with Crippen molar-refractivity contribution in [2.45, 2.75) is 47.0 Å². The summed E-state index contributed by atoms with van der Waals surface area (Å²) >= 11 is 0. The Morgan fingerprint density at radius 3 is 2.33 bits per heavy atom. The largest absolute Gasteiger partial charge is 0.392 e. The molecule has 0 amide bonds. The van der Waals surface area contributed by atoms with Crippen LogP contribution in [0, 0.1) is 5.92 Å². The molecule has 3 nitrogen and oxygen atoms in total. The van der Waals surface area contributed by atoms with Gasteiger partial charge in [0.2, 0.25) is 0 Å². The molecule has 0 aromatic heterocycles. The fourth-order valence-electron chi connectivity index (χ4n) is 1.62. The zero-order chi connectivity index (χ0) is 13.5. The van der Waals surface area contributed by atoms with Gasteiger partial charge in [-0.3, -0.25) is 0 Å². The van der Waals surface area contributed by atoms with Crippen molar-refractivity contribution in [1.82, 2.24) is 0 Å². The van der Waals surface area contributed by atoms with Gasteiger partial charge in [0, 0.05) is 12.2 Å². The first-order valence-corrected chi connectivity index (χ1v) is 6.60. The third-order valence-corrected chi connectivity index (χ3v) is 2.53. The second-order valence-corrected chi connectivity index (χ2v) is 5.33. The summed E-state index contributed by atoms with van der Waals surface area (Å²) in [5, 5.41) is 12.7. The summed E-state index contributed by atoms with van der Waals surface area (Å²) in [7, 11) is 0. The number of hydrogen-bond donors (Lipinski definition) is 2. The number of nitrogens with one attached hydrogen (secondary N) is 1. The Morgan fingerprint density at radius 2 is 1.78 bits per heavy atom. The summed E-state index contributed by atoms with van der Waals surface area (Å²) in [5.41, 5.74) is 3.07. The van der Waals surface area contributed by atoms with Gasteiger partial charge in [-0.1, -0.05) is 19.9 Å².